The zero-order valence-corrected chi connectivity index (χ0v) is 81.9. The summed E-state index contributed by atoms with van der Waals surface area (Å²) in [6.07, 6.45) is 11.1. The lowest BCUT2D eigenvalue weighted by Gasteiger charge is -2.27. The summed E-state index contributed by atoms with van der Waals surface area (Å²) in [5.41, 5.74) is 42.1. The van der Waals surface area contributed by atoms with Gasteiger partial charge in [0.05, 0.1) is 22.1 Å². The highest BCUT2D eigenvalue weighted by atomic mass is 15.2. The highest BCUT2D eigenvalue weighted by Crippen LogP contribution is 2.46. The van der Waals surface area contributed by atoms with Crippen LogP contribution in [0.4, 0.5) is 51.2 Å². The standard InChI is InChI=1S/C51H42N2.C47H33N3.C41H29N3/c1-51(2,3)47-26-20-41(21-27-47)39-16-18-40(19-17-39)42-22-28-48(29-23-42)53(49-30-24-43(25-31-49)44-15-10-32-52-36-44)50-34-45(37-11-6-4-7-12-37)33-46(35-50)38-13-8-5-9-14-38;1-3-9-34(10-4-1)35-15-22-41(23-16-35)49(42-24-17-36(18-25-42)38-29-31-48-32-30-38)43-26-19-37(20-27-43)39-21-28-47-45(33-39)44-13-7-8-14-46(44)50(47)40-11-5-2-6-12-40;1-2-8-30(9-3-1)31-14-18-34(19-15-31)43(35-20-16-32(17-21-35)33-26-28-42-29-27-33)36-22-24-37(25-23-36)44-40-12-6-4-10-38(40)39-11-5-7-13-41(39)44/h4-36H,1-3H3;1-33H;1-29H. The zero-order chi connectivity index (χ0) is 98.8. The van der Waals surface area contributed by atoms with Crippen molar-refractivity contribution in [2.24, 2.45) is 0 Å². The molecular formula is C139H104N8. The van der Waals surface area contributed by atoms with Crippen LogP contribution in [-0.2, 0) is 5.41 Å². The molecule has 25 aromatic rings. The molecule has 8 heteroatoms. The van der Waals surface area contributed by atoms with Crippen LogP contribution in [0.5, 0.6) is 0 Å². The smallest absolute Gasteiger partial charge is 0.0541 e. The molecular weight excluding hydrogens is 1780 g/mol. The minimum absolute atomic E-state index is 0.141. The van der Waals surface area contributed by atoms with Gasteiger partial charge in [-0.05, 0) is 322 Å². The van der Waals surface area contributed by atoms with Crippen molar-refractivity contribution in [2.75, 3.05) is 14.7 Å². The molecule has 0 bridgehead atoms. The maximum absolute atomic E-state index is 4.34. The zero-order valence-electron chi connectivity index (χ0n) is 81.9. The molecule has 0 radical (unpaired) electrons. The Morgan fingerprint density at radius 1 is 0.156 bits per heavy atom. The van der Waals surface area contributed by atoms with Crippen LogP contribution in [0.1, 0.15) is 26.3 Å². The third kappa shape index (κ3) is 19.7. The average molecular weight is 1890 g/mol. The van der Waals surface area contributed by atoms with Crippen LogP contribution in [0.2, 0.25) is 0 Å². The molecule has 0 saturated heterocycles. The fraction of sp³-hybridized carbons (Fsp3) is 0.0288. The number of hydrogen-bond acceptors (Lipinski definition) is 6. The van der Waals surface area contributed by atoms with Gasteiger partial charge in [-0.2, -0.15) is 0 Å². The van der Waals surface area contributed by atoms with Gasteiger partial charge < -0.3 is 23.8 Å². The Bertz CT molecular complexity index is 8500. The molecule has 8 nitrogen and oxygen atoms in total. The Labute approximate surface area is 859 Å². The minimum Gasteiger partial charge on any atom is -0.311 e. The summed E-state index contributed by atoms with van der Waals surface area (Å²) < 4.78 is 4.72. The molecule has 0 fully saturated rings. The number of nitrogens with zero attached hydrogens (tertiary/aromatic N) is 8. The van der Waals surface area contributed by atoms with Gasteiger partial charge >= 0.3 is 0 Å². The van der Waals surface area contributed by atoms with Crippen molar-refractivity contribution in [1.82, 2.24) is 24.1 Å². The van der Waals surface area contributed by atoms with E-state index in [0.29, 0.717) is 0 Å². The normalized spacial score (nSPS) is 11.2. The first kappa shape index (κ1) is 91.6. The van der Waals surface area contributed by atoms with E-state index in [4.69, 9.17) is 0 Å². The molecule has 147 heavy (non-hydrogen) atoms. The van der Waals surface area contributed by atoms with Gasteiger partial charge in [0.2, 0.25) is 0 Å². The lowest BCUT2D eigenvalue weighted by Crippen LogP contribution is -2.10. The van der Waals surface area contributed by atoms with Crippen LogP contribution in [0.3, 0.4) is 0 Å². The van der Waals surface area contributed by atoms with Gasteiger partial charge in [0.15, 0.2) is 0 Å². The molecule has 0 N–H and O–H groups in total. The van der Waals surface area contributed by atoms with Crippen molar-refractivity contribution in [1.29, 1.82) is 0 Å². The van der Waals surface area contributed by atoms with Crippen molar-refractivity contribution < 1.29 is 0 Å². The molecule has 700 valence electrons. The number of rotatable bonds is 21. The van der Waals surface area contributed by atoms with Gasteiger partial charge in [0.1, 0.15) is 0 Å². The van der Waals surface area contributed by atoms with Crippen LogP contribution in [0, 0.1) is 0 Å². The van der Waals surface area contributed by atoms with Gasteiger partial charge in [-0.25, -0.2) is 0 Å². The van der Waals surface area contributed by atoms with Crippen LogP contribution in [-0.4, -0.2) is 24.1 Å². The van der Waals surface area contributed by atoms with E-state index in [-0.39, 0.29) is 5.41 Å². The Kier molecular flexibility index (Phi) is 25.9. The maximum Gasteiger partial charge on any atom is 0.0541 e. The summed E-state index contributed by atoms with van der Waals surface area (Å²) in [7, 11) is 0. The molecule has 0 saturated carbocycles. The molecule has 0 amide bonds. The van der Waals surface area contributed by atoms with Crippen LogP contribution < -0.4 is 14.7 Å². The van der Waals surface area contributed by atoms with E-state index in [1.165, 1.54) is 133 Å². The quantitative estimate of drug-likeness (QED) is 0.0715. The summed E-state index contributed by atoms with van der Waals surface area (Å²) in [5.74, 6) is 0. The number of hydrogen-bond donors (Lipinski definition) is 0. The topological polar surface area (TPSA) is 58.3 Å². The van der Waals surface area contributed by atoms with Crippen molar-refractivity contribution >= 4 is 94.8 Å². The monoisotopic (exact) mass is 1880 g/mol. The number of fused-ring (bicyclic) bond motifs is 6. The first-order valence-electron chi connectivity index (χ1n) is 50.1. The highest BCUT2D eigenvalue weighted by Gasteiger charge is 2.23. The van der Waals surface area contributed by atoms with Gasteiger partial charge in [0.25, 0.3) is 0 Å². The van der Waals surface area contributed by atoms with E-state index in [2.05, 4.69) is 569 Å². The predicted octanol–water partition coefficient (Wildman–Crippen LogP) is 37.8. The van der Waals surface area contributed by atoms with Crippen LogP contribution >= 0.6 is 0 Å². The van der Waals surface area contributed by atoms with Crippen LogP contribution in [0.25, 0.3) is 166 Å². The lowest BCUT2D eigenvalue weighted by molar-refractivity contribution is 0.590. The first-order valence-corrected chi connectivity index (χ1v) is 50.1. The van der Waals surface area contributed by atoms with E-state index < -0.39 is 0 Å². The summed E-state index contributed by atoms with van der Waals surface area (Å²) >= 11 is 0. The second kappa shape index (κ2) is 41.6. The van der Waals surface area contributed by atoms with E-state index in [0.717, 1.165) is 90.3 Å². The molecule has 0 spiro atoms. The Morgan fingerprint density at radius 3 is 0.728 bits per heavy atom. The molecule has 0 aliphatic heterocycles. The summed E-state index contributed by atoms with van der Waals surface area (Å²) in [6.45, 7) is 6.76. The Balaban J connectivity index is 0.000000122. The second-order valence-electron chi connectivity index (χ2n) is 38.0. The fourth-order valence-corrected chi connectivity index (χ4v) is 20.2. The molecule has 0 aliphatic carbocycles. The van der Waals surface area contributed by atoms with Gasteiger partial charge in [-0.3, -0.25) is 15.0 Å². The second-order valence-corrected chi connectivity index (χ2v) is 38.0. The molecule has 0 aliphatic rings. The maximum atomic E-state index is 4.34. The van der Waals surface area contributed by atoms with E-state index >= 15 is 0 Å². The van der Waals surface area contributed by atoms with Gasteiger partial charge in [-0.15, -0.1) is 0 Å². The SMILES string of the molecule is CC(C)(C)c1ccc(-c2ccc(-c3ccc(N(c4ccc(-c5cccnc5)cc4)c4cc(-c5ccccc5)cc(-c5ccccc5)c4)cc3)cc2)cc1.c1ccc(-c2ccc(N(c3ccc(-c4ccncc4)cc3)c3ccc(-c4ccc5c(c4)c4ccccc4n5-c4ccccc4)cc3)cc2)cc1.c1ccc(-c2ccc(N(c3ccc(-c4ccncc4)cc3)c3ccc(-n4c5ccccc5c5ccccc54)cc3)cc2)cc1. The van der Waals surface area contributed by atoms with E-state index in [1.807, 2.05) is 67.5 Å². The van der Waals surface area contributed by atoms with Gasteiger partial charge in [-0.1, -0.05) is 360 Å². The molecule has 5 heterocycles. The molecule has 0 atom stereocenters. The number of aromatic nitrogens is 5. The van der Waals surface area contributed by atoms with Gasteiger partial charge in [0, 0.05) is 121 Å². The molecule has 25 rings (SSSR count). The summed E-state index contributed by atoms with van der Waals surface area (Å²) in [5, 5.41) is 5.04. The Hall–Kier alpha value is -19.2. The third-order valence-electron chi connectivity index (χ3n) is 27.8. The molecule has 20 aromatic carbocycles. The summed E-state index contributed by atoms with van der Waals surface area (Å²) in [4.78, 5) is 19.7. The average Bonchev–Trinajstić information content (AvgIpc) is 1.48. The highest BCUT2D eigenvalue weighted by molar-refractivity contribution is 6.11. The number of para-hydroxylation sites is 4. The number of anilines is 9. The predicted molar refractivity (Wildman–Crippen MR) is 618 cm³/mol. The van der Waals surface area contributed by atoms with Crippen molar-refractivity contribution in [3.8, 4) is 123 Å². The lowest BCUT2D eigenvalue weighted by atomic mass is 9.86. The first-order chi connectivity index (χ1) is 72.5. The van der Waals surface area contributed by atoms with E-state index in [9.17, 15) is 0 Å². The van der Waals surface area contributed by atoms with E-state index in [1.54, 1.807) is 0 Å². The third-order valence-corrected chi connectivity index (χ3v) is 27.8. The number of benzene rings is 20. The number of pyridine rings is 3. The van der Waals surface area contributed by atoms with Crippen molar-refractivity contribution in [3.63, 3.8) is 0 Å². The van der Waals surface area contributed by atoms with Crippen LogP contribution in [0.15, 0.2) is 577 Å². The minimum atomic E-state index is 0.141. The Morgan fingerprint density at radius 2 is 0.395 bits per heavy atom. The summed E-state index contributed by atoms with van der Waals surface area (Å²) in [6, 6.07) is 194. The molecule has 0 unspecified atom stereocenters. The van der Waals surface area contributed by atoms with Crippen molar-refractivity contribution in [2.45, 2.75) is 26.2 Å². The van der Waals surface area contributed by atoms with Crippen molar-refractivity contribution in [3.05, 3.63) is 583 Å². The largest absolute Gasteiger partial charge is 0.311 e. The molecule has 5 aromatic heterocycles. The fourth-order valence-electron chi connectivity index (χ4n) is 20.2.